The molecule has 2 N–H and O–H groups in total. The van der Waals surface area contributed by atoms with Crippen molar-refractivity contribution in [2.24, 2.45) is 11.7 Å². The number of methoxy groups -OCH3 is 1. The molecule has 0 radical (unpaired) electrons. The predicted molar refractivity (Wildman–Crippen MR) is 78.3 cm³/mol. The summed E-state index contributed by atoms with van der Waals surface area (Å²) in [6.07, 6.45) is 5.28. The number of hydrogen-bond acceptors (Lipinski definition) is 4. The largest absolute Gasteiger partial charge is 0.384 e. The second-order valence-electron chi connectivity index (χ2n) is 5.34. The highest BCUT2D eigenvalue weighted by atomic mass is 16.5. The summed E-state index contributed by atoms with van der Waals surface area (Å²) in [4.78, 5) is 6.89. The predicted octanol–water partition coefficient (Wildman–Crippen LogP) is 2.35. The fourth-order valence-electron chi connectivity index (χ4n) is 2.61. The van der Waals surface area contributed by atoms with Gasteiger partial charge in [-0.3, -0.25) is 4.98 Å². The van der Waals surface area contributed by atoms with Gasteiger partial charge in [0.15, 0.2) is 0 Å². The van der Waals surface area contributed by atoms with Gasteiger partial charge in [0.25, 0.3) is 0 Å². The Bertz CT molecular complexity index is 371. The Balaban J connectivity index is 1.92. The van der Waals surface area contributed by atoms with Gasteiger partial charge in [0.05, 0.1) is 17.6 Å². The molecule has 106 valence electrons. The normalized spacial score (nSPS) is 18.6. The van der Waals surface area contributed by atoms with E-state index in [1.165, 1.54) is 18.5 Å². The lowest BCUT2D eigenvalue weighted by Gasteiger charge is -2.33. The number of pyridine rings is 1. The number of hydrogen-bond donors (Lipinski definition) is 1. The molecule has 4 nitrogen and oxygen atoms in total. The van der Waals surface area contributed by atoms with Crippen molar-refractivity contribution >= 4 is 5.69 Å². The lowest BCUT2D eigenvalue weighted by Crippen LogP contribution is -2.35. The molecule has 0 saturated carbocycles. The first-order valence-corrected chi connectivity index (χ1v) is 7.20. The monoisotopic (exact) mass is 263 g/mol. The molecule has 4 heteroatoms. The van der Waals surface area contributed by atoms with Gasteiger partial charge in [-0.15, -0.1) is 0 Å². The minimum atomic E-state index is 0.0569. The third kappa shape index (κ3) is 3.67. The zero-order valence-electron chi connectivity index (χ0n) is 12.0. The van der Waals surface area contributed by atoms with Crippen LogP contribution >= 0.6 is 0 Å². The molecule has 1 aromatic heterocycles. The van der Waals surface area contributed by atoms with Gasteiger partial charge in [0.2, 0.25) is 0 Å². The standard InChI is InChI=1S/C15H25N3O/c1-3-14(16)15-5-4-13(10-17-15)18-8-6-12(7-9-18)11-19-2/h4-5,10,12,14H,3,6-9,11,16H2,1-2H3/t14-/m1/s1. The van der Waals surface area contributed by atoms with Crippen molar-refractivity contribution in [2.75, 3.05) is 31.7 Å². The third-order valence-electron chi connectivity index (χ3n) is 3.97. The summed E-state index contributed by atoms with van der Waals surface area (Å²) in [5, 5.41) is 0. The van der Waals surface area contributed by atoms with E-state index in [2.05, 4.69) is 28.9 Å². The van der Waals surface area contributed by atoms with Gasteiger partial charge >= 0.3 is 0 Å². The Kier molecular flexibility index (Phi) is 5.16. The molecule has 0 unspecified atom stereocenters. The van der Waals surface area contributed by atoms with E-state index in [4.69, 9.17) is 10.5 Å². The Labute approximate surface area is 116 Å². The van der Waals surface area contributed by atoms with Gasteiger partial charge < -0.3 is 15.4 Å². The van der Waals surface area contributed by atoms with Crippen LogP contribution in [0.3, 0.4) is 0 Å². The van der Waals surface area contributed by atoms with Crippen LogP contribution in [-0.4, -0.2) is 31.8 Å². The van der Waals surface area contributed by atoms with Crippen molar-refractivity contribution < 1.29 is 4.74 Å². The fourth-order valence-corrected chi connectivity index (χ4v) is 2.61. The molecule has 2 heterocycles. The highest BCUT2D eigenvalue weighted by Crippen LogP contribution is 2.23. The first-order valence-electron chi connectivity index (χ1n) is 7.20. The molecule has 1 aromatic rings. The number of anilines is 1. The number of piperidine rings is 1. The summed E-state index contributed by atoms with van der Waals surface area (Å²) >= 11 is 0. The van der Waals surface area contributed by atoms with Gasteiger partial charge in [0, 0.05) is 32.8 Å². The fraction of sp³-hybridized carbons (Fsp3) is 0.667. The maximum atomic E-state index is 5.98. The van der Waals surface area contributed by atoms with Crippen LogP contribution in [0.1, 0.15) is 37.9 Å². The maximum Gasteiger partial charge on any atom is 0.0572 e. The van der Waals surface area contributed by atoms with E-state index in [0.717, 1.165) is 31.8 Å². The molecule has 0 amide bonds. The summed E-state index contributed by atoms with van der Waals surface area (Å²) in [5.41, 5.74) is 8.18. The summed E-state index contributed by atoms with van der Waals surface area (Å²) in [7, 11) is 1.78. The highest BCUT2D eigenvalue weighted by Gasteiger charge is 2.19. The van der Waals surface area contributed by atoms with Gasteiger partial charge in [0.1, 0.15) is 0 Å². The molecule has 19 heavy (non-hydrogen) atoms. The first-order chi connectivity index (χ1) is 9.24. The zero-order valence-corrected chi connectivity index (χ0v) is 12.0. The average Bonchev–Trinajstić information content (AvgIpc) is 2.48. The lowest BCUT2D eigenvalue weighted by atomic mass is 9.97. The molecule has 1 fully saturated rings. The maximum absolute atomic E-state index is 5.98. The minimum absolute atomic E-state index is 0.0569. The van der Waals surface area contributed by atoms with Crippen LogP contribution < -0.4 is 10.6 Å². The van der Waals surface area contributed by atoms with Crippen LogP contribution in [0.15, 0.2) is 18.3 Å². The van der Waals surface area contributed by atoms with Gasteiger partial charge in [-0.1, -0.05) is 6.92 Å². The number of ether oxygens (including phenoxy) is 1. The van der Waals surface area contributed by atoms with E-state index in [-0.39, 0.29) is 6.04 Å². The van der Waals surface area contributed by atoms with Crippen LogP contribution in [0.25, 0.3) is 0 Å². The molecule has 1 saturated heterocycles. The molecule has 0 bridgehead atoms. The van der Waals surface area contributed by atoms with Crippen molar-refractivity contribution in [2.45, 2.75) is 32.2 Å². The number of rotatable bonds is 5. The van der Waals surface area contributed by atoms with E-state index >= 15 is 0 Å². The van der Waals surface area contributed by atoms with Gasteiger partial charge in [-0.2, -0.15) is 0 Å². The number of nitrogens with zero attached hydrogens (tertiary/aromatic N) is 2. The van der Waals surface area contributed by atoms with Crippen LogP contribution in [0.5, 0.6) is 0 Å². The SMILES string of the molecule is CC[C@@H](N)c1ccc(N2CCC(COC)CC2)cn1. The highest BCUT2D eigenvalue weighted by molar-refractivity contribution is 5.45. The van der Waals surface area contributed by atoms with E-state index in [1.54, 1.807) is 7.11 Å². The molecule has 1 aliphatic heterocycles. The van der Waals surface area contributed by atoms with E-state index in [0.29, 0.717) is 5.92 Å². The number of aromatic nitrogens is 1. The Morgan fingerprint density at radius 2 is 2.16 bits per heavy atom. The second kappa shape index (κ2) is 6.87. The lowest BCUT2D eigenvalue weighted by molar-refractivity contribution is 0.139. The van der Waals surface area contributed by atoms with Crippen molar-refractivity contribution in [1.29, 1.82) is 0 Å². The minimum Gasteiger partial charge on any atom is -0.384 e. The summed E-state index contributed by atoms with van der Waals surface area (Å²) in [6.45, 7) is 5.15. The second-order valence-corrected chi connectivity index (χ2v) is 5.34. The Hall–Kier alpha value is -1.13. The average molecular weight is 263 g/mol. The van der Waals surface area contributed by atoms with Crippen molar-refractivity contribution in [3.8, 4) is 0 Å². The Morgan fingerprint density at radius 1 is 1.42 bits per heavy atom. The van der Waals surface area contributed by atoms with Crippen LogP contribution in [0.4, 0.5) is 5.69 Å². The Morgan fingerprint density at radius 3 is 2.68 bits per heavy atom. The molecule has 0 aliphatic carbocycles. The van der Waals surface area contributed by atoms with Crippen molar-refractivity contribution in [3.05, 3.63) is 24.0 Å². The molecular weight excluding hydrogens is 238 g/mol. The summed E-state index contributed by atoms with van der Waals surface area (Å²) < 4.78 is 5.23. The van der Waals surface area contributed by atoms with Crippen molar-refractivity contribution in [1.82, 2.24) is 4.98 Å². The molecule has 2 rings (SSSR count). The summed E-state index contributed by atoms with van der Waals surface area (Å²) in [5.74, 6) is 0.710. The van der Waals surface area contributed by atoms with E-state index in [1.807, 2.05) is 6.20 Å². The van der Waals surface area contributed by atoms with Crippen LogP contribution in [-0.2, 0) is 4.74 Å². The van der Waals surface area contributed by atoms with Crippen molar-refractivity contribution in [3.63, 3.8) is 0 Å². The molecule has 0 aromatic carbocycles. The first kappa shape index (κ1) is 14.3. The molecule has 1 atom stereocenters. The molecular formula is C15H25N3O. The zero-order chi connectivity index (χ0) is 13.7. The smallest absolute Gasteiger partial charge is 0.0572 e. The number of nitrogens with two attached hydrogens (primary N) is 1. The van der Waals surface area contributed by atoms with E-state index < -0.39 is 0 Å². The topological polar surface area (TPSA) is 51.4 Å². The van der Waals surface area contributed by atoms with Gasteiger partial charge in [-0.05, 0) is 37.3 Å². The summed E-state index contributed by atoms with van der Waals surface area (Å²) in [6, 6.07) is 4.26. The molecule has 1 aliphatic rings. The quantitative estimate of drug-likeness (QED) is 0.886. The van der Waals surface area contributed by atoms with E-state index in [9.17, 15) is 0 Å². The van der Waals surface area contributed by atoms with Crippen LogP contribution in [0.2, 0.25) is 0 Å². The van der Waals surface area contributed by atoms with Gasteiger partial charge in [-0.25, -0.2) is 0 Å². The molecule has 0 spiro atoms. The van der Waals surface area contributed by atoms with Crippen LogP contribution in [0, 0.1) is 5.92 Å². The third-order valence-corrected chi connectivity index (χ3v) is 3.97.